The number of amides is 2. The van der Waals surface area contributed by atoms with E-state index < -0.39 is 27.5 Å². The summed E-state index contributed by atoms with van der Waals surface area (Å²) in [4.78, 5) is 29.1. The number of carbonyl (C=O) groups excluding carboxylic acids is 2. The van der Waals surface area contributed by atoms with Gasteiger partial charge in [0.15, 0.2) is 15.0 Å². The number of hydrogen-bond donors (Lipinski definition) is 2. The van der Waals surface area contributed by atoms with E-state index >= 15 is 0 Å². The zero-order valence-electron chi connectivity index (χ0n) is 15.9. The topological polar surface area (TPSA) is 110 Å². The Morgan fingerprint density at radius 3 is 2.17 bits per heavy atom. The number of hydrogen-bond acceptors (Lipinski definition) is 6. The number of nitrogens with one attached hydrogen (secondary N) is 2. The molecule has 2 amide bonds. The lowest BCUT2D eigenvalue weighted by molar-refractivity contribution is 0.0842. The fraction of sp³-hybridized carbons (Fsp3) is 0.105. The Hall–Kier alpha value is -3.18. The van der Waals surface area contributed by atoms with Gasteiger partial charge in [-0.25, -0.2) is 17.8 Å². The van der Waals surface area contributed by atoms with Gasteiger partial charge in [0.1, 0.15) is 11.5 Å². The van der Waals surface area contributed by atoms with E-state index in [0.717, 1.165) is 6.26 Å². The minimum Gasteiger partial charge on any atom is -0.283 e. The molecule has 0 fully saturated rings. The number of thioether (sulfide) groups is 1. The summed E-state index contributed by atoms with van der Waals surface area (Å²) in [5, 5.41) is 0.509. The molecule has 0 radical (unpaired) electrons. The van der Waals surface area contributed by atoms with Crippen molar-refractivity contribution >= 4 is 33.4 Å². The number of hydrazine groups is 1. The molecule has 0 spiro atoms. The highest BCUT2D eigenvalue weighted by Gasteiger charge is 2.19. The van der Waals surface area contributed by atoms with Gasteiger partial charge in [-0.2, -0.15) is 0 Å². The van der Waals surface area contributed by atoms with Gasteiger partial charge in [-0.05, 0) is 54.8 Å². The molecule has 0 saturated heterocycles. The van der Waals surface area contributed by atoms with Gasteiger partial charge < -0.3 is 0 Å². The SMILES string of the molecule is CSc1ncc(C(=O)NNC(=O)c2ccc(S(C)(=O)=O)cc2)n1-c1ccc(F)cc1. The Morgan fingerprint density at radius 1 is 1.00 bits per heavy atom. The van der Waals surface area contributed by atoms with Crippen molar-refractivity contribution in [2.75, 3.05) is 12.5 Å². The van der Waals surface area contributed by atoms with Gasteiger partial charge in [0, 0.05) is 17.5 Å². The van der Waals surface area contributed by atoms with Gasteiger partial charge in [-0.1, -0.05) is 11.8 Å². The normalized spacial score (nSPS) is 11.2. The number of halogens is 1. The molecule has 0 atom stereocenters. The molecule has 11 heteroatoms. The van der Waals surface area contributed by atoms with Crippen LogP contribution in [0.25, 0.3) is 5.69 Å². The Morgan fingerprint density at radius 2 is 1.60 bits per heavy atom. The fourth-order valence-electron chi connectivity index (χ4n) is 2.58. The molecule has 30 heavy (non-hydrogen) atoms. The van der Waals surface area contributed by atoms with E-state index in [1.54, 1.807) is 6.26 Å². The molecule has 0 aliphatic rings. The summed E-state index contributed by atoms with van der Waals surface area (Å²) in [5.74, 6) is -1.67. The summed E-state index contributed by atoms with van der Waals surface area (Å²) in [5.41, 5.74) is 5.41. The lowest BCUT2D eigenvalue weighted by Gasteiger charge is -2.12. The number of rotatable bonds is 5. The van der Waals surface area contributed by atoms with Gasteiger partial charge in [-0.15, -0.1) is 0 Å². The third-order valence-electron chi connectivity index (χ3n) is 4.06. The molecule has 2 N–H and O–H groups in total. The number of benzene rings is 2. The predicted octanol–water partition coefficient (Wildman–Crippen LogP) is 2.21. The zero-order chi connectivity index (χ0) is 21.9. The van der Waals surface area contributed by atoms with Crippen LogP contribution in [0.4, 0.5) is 4.39 Å². The molecule has 3 aromatic rings. The van der Waals surface area contributed by atoms with Crippen molar-refractivity contribution in [2.24, 2.45) is 0 Å². The summed E-state index contributed by atoms with van der Waals surface area (Å²) in [6.45, 7) is 0. The standard InChI is InChI=1S/C19H17FN4O4S2/c1-29-19-21-11-16(24(19)14-7-5-13(20)6-8-14)18(26)23-22-17(25)12-3-9-15(10-4-12)30(2,27)28/h3-11H,1-2H3,(H,22,25)(H,23,26). The first-order valence-electron chi connectivity index (χ1n) is 8.49. The van der Waals surface area contributed by atoms with Gasteiger partial charge in [0.05, 0.1) is 11.1 Å². The molecule has 156 valence electrons. The van der Waals surface area contributed by atoms with E-state index in [1.807, 2.05) is 0 Å². The molecule has 2 aromatic carbocycles. The van der Waals surface area contributed by atoms with Crippen molar-refractivity contribution in [3.05, 3.63) is 71.8 Å². The smallest absolute Gasteiger partial charge is 0.283 e. The van der Waals surface area contributed by atoms with Crippen LogP contribution in [0.2, 0.25) is 0 Å². The molecule has 0 unspecified atom stereocenters. The molecule has 0 saturated carbocycles. The van der Waals surface area contributed by atoms with Crippen molar-refractivity contribution in [2.45, 2.75) is 10.1 Å². The average Bonchev–Trinajstić information content (AvgIpc) is 3.16. The first-order chi connectivity index (χ1) is 14.2. The van der Waals surface area contributed by atoms with Crippen LogP contribution < -0.4 is 10.9 Å². The fourth-order valence-corrected chi connectivity index (χ4v) is 3.76. The largest absolute Gasteiger partial charge is 0.288 e. The van der Waals surface area contributed by atoms with Crippen molar-refractivity contribution in [1.82, 2.24) is 20.4 Å². The molecule has 0 aliphatic carbocycles. The number of imidazole rings is 1. The predicted molar refractivity (Wildman–Crippen MR) is 110 cm³/mol. The van der Waals surface area contributed by atoms with Crippen molar-refractivity contribution in [1.29, 1.82) is 0 Å². The molecular weight excluding hydrogens is 431 g/mol. The number of nitrogens with zero attached hydrogens (tertiary/aromatic N) is 2. The summed E-state index contributed by atoms with van der Waals surface area (Å²) in [6.07, 6.45) is 4.19. The molecule has 3 rings (SSSR count). The second-order valence-electron chi connectivity index (χ2n) is 6.15. The highest BCUT2D eigenvalue weighted by Crippen LogP contribution is 2.22. The number of aromatic nitrogens is 2. The Bertz CT molecular complexity index is 1190. The van der Waals surface area contributed by atoms with Crippen LogP contribution in [0.1, 0.15) is 20.8 Å². The maximum Gasteiger partial charge on any atom is 0.288 e. The monoisotopic (exact) mass is 448 g/mol. The first kappa shape index (κ1) is 21.5. The van der Waals surface area contributed by atoms with Crippen LogP contribution in [-0.4, -0.2) is 42.3 Å². The molecule has 1 heterocycles. The maximum atomic E-state index is 13.2. The second-order valence-corrected chi connectivity index (χ2v) is 8.94. The van der Waals surface area contributed by atoms with Gasteiger partial charge in [-0.3, -0.25) is 25.0 Å². The minimum absolute atomic E-state index is 0.0795. The van der Waals surface area contributed by atoms with Crippen LogP contribution in [0.15, 0.2) is 64.8 Å². The molecule has 8 nitrogen and oxygen atoms in total. The molecule has 1 aromatic heterocycles. The Balaban J connectivity index is 1.76. The average molecular weight is 449 g/mol. The summed E-state index contributed by atoms with van der Waals surface area (Å²) < 4.78 is 37.8. The van der Waals surface area contributed by atoms with Crippen LogP contribution in [0.3, 0.4) is 0 Å². The molecule has 0 aliphatic heterocycles. The van der Waals surface area contributed by atoms with E-state index in [-0.39, 0.29) is 16.2 Å². The maximum absolute atomic E-state index is 13.2. The van der Waals surface area contributed by atoms with Crippen LogP contribution in [0.5, 0.6) is 0 Å². The van der Waals surface area contributed by atoms with E-state index in [4.69, 9.17) is 0 Å². The molecular formula is C19H17FN4O4S2. The zero-order valence-corrected chi connectivity index (χ0v) is 17.6. The summed E-state index contributed by atoms with van der Waals surface area (Å²) in [7, 11) is -3.38. The molecule has 0 bridgehead atoms. The van der Waals surface area contributed by atoms with Crippen LogP contribution >= 0.6 is 11.8 Å². The van der Waals surface area contributed by atoms with Crippen molar-refractivity contribution < 1.29 is 22.4 Å². The Kier molecular flexibility index (Phi) is 6.22. The first-order valence-corrected chi connectivity index (χ1v) is 11.6. The third-order valence-corrected chi connectivity index (χ3v) is 5.85. The third kappa shape index (κ3) is 4.69. The highest BCUT2D eigenvalue weighted by atomic mass is 32.2. The van der Waals surface area contributed by atoms with E-state index in [1.165, 1.54) is 71.1 Å². The van der Waals surface area contributed by atoms with Crippen LogP contribution in [-0.2, 0) is 9.84 Å². The summed E-state index contributed by atoms with van der Waals surface area (Å²) in [6, 6.07) is 10.8. The van der Waals surface area contributed by atoms with E-state index in [9.17, 15) is 22.4 Å². The summed E-state index contributed by atoms with van der Waals surface area (Å²) >= 11 is 1.30. The lowest BCUT2D eigenvalue weighted by atomic mass is 10.2. The van der Waals surface area contributed by atoms with Gasteiger partial charge in [0.2, 0.25) is 0 Å². The number of carbonyl (C=O) groups is 2. The Labute approximate surface area is 176 Å². The lowest BCUT2D eigenvalue weighted by Crippen LogP contribution is -2.42. The minimum atomic E-state index is -3.38. The van der Waals surface area contributed by atoms with Crippen molar-refractivity contribution in [3.63, 3.8) is 0 Å². The van der Waals surface area contributed by atoms with E-state index in [0.29, 0.717) is 10.8 Å². The highest BCUT2D eigenvalue weighted by molar-refractivity contribution is 7.98. The van der Waals surface area contributed by atoms with Crippen LogP contribution in [0, 0.1) is 5.82 Å². The van der Waals surface area contributed by atoms with Gasteiger partial charge >= 0.3 is 0 Å². The number of sulfone groups is 1. The van der Waals surface area contributed by atoms with E-state index in [2.05, 4.69) is 15.8 Å². The van der Waals surface area contributed by atoms with Crippen molar-refractivity contribution in [3.8, 4) is 5.69 Å². The van der Waals surface area contributed by atoms with Gasteiger partial charge in [0.25, 0.3) is 11.8 Å². The quantitative estimate of drug-likeness (QED) is 0.457. The second kappa shape index (κ2) is 8.67.